The van der Waals surface area contributed by atoms with E-state index in [4.69, 9.17) is 0 Å². The van der Waals surface area contributed by atoms with Crippen LogP contribution in [0.15, 0.2) is 41.3 Å². The fourth-order valence-electron chi connectivity index (χ4n) is 4.65. The lowest BCUT2D eigenvalue weighted by molar-refractivity contribution is 0.0986. The minimum atomic E-state index is -3.67. The average molecular weight is 551 g/mol. The first kappa shape index (κ1) is 27.6. The molecule has 37 heavy (non-hydrogen) atoms. The molecule has 1 unspecified atom stereocenters. The van der Waals surface area contributed by atoms with E-state index in [2.05, 4.69) is 4.98 Å². The Balaban J connectivity index is 1.63. The van der Waals surface area contributed by atoms with Crippen molar-refractivity contribution in [1.29, 1.82) is 0 Å². The van der Waals surface area contributed by atoms with Crippen LogP contribution in [-0.2, 0) is 10.0 Å². The van der Waals surface area contributed by atoms with E-state index in [1.165, 1.54) is 35.2 Å². The van der Waals surface area contributed by atoms with Crippen molar-refractivity contribution in [3.05, 3.63) is 53.6 Å². The van der Waals surface area contributed by atoms with Gasteiger partial charge in [0.25, 0.3) is 5.91 Å². The number of hydrogen-bond acceptors (Lipinski definition) is 6. The van der Waals surface area contributed by atoms with E-state index in [0.29, 0.717) is 36.3 Å². The maximum absolute atomic E-state index is 14.3. The third kappa shape index (κ3) is 6.00. The van der Waals surface area contributed by atoms with Crippen molar-refractivity contribution in [1.82, 2.24) is 14.2 Å². The Bertz CT molecular complexity index is 1360. The number of carbonyl (C=O) groups excluding carboxylic acids is 1. The number of hydrogen-bond donors (Lipinski definition) is 0. The summed E-state index contributed by atoms with van der Waals surface area (Å²) in [6.07, 6.45) is 4.08. The molecule has 0 bridgehead atoms. The maximum atomic E-state index is 14.3. The number of amides is 1. The second-order valence-corrected chi connectivity index (χ2v) is 12.4. The number of carbonyl (C=O) groups is 1. The van der Waals surface area contributed by atoms with Gasteiger partial charge in [0.15, 0.2) is 10.9 Å². The molecule has 1 saturated heterocycles. The van der Waals surface area contributed by atoms with Crippen molar-refractivity contribution in [2.75, 3.05) is 38.6 Å². The Morgan fingerprint density at radius 2 is 1.86 bits per heavy atom. The van der Waals surface area contributed by atoms with Crippen LogP contribution >= 0.6 is 11.3 Å². The van der Waals surface area contributed by atoms with Crippen LogP contribution in [0.25, 0.3) is 10.2 Å². The van der Waals surface area contributed by atoms with Gasteiger partial charge in [-0.3, -0.25) is 9.69 Å². The summed E-state index contributed by atoms with van der Waals surface area (Å²) in [5.74, 6) is -1.87. The van der Waals surface area contributed by atoms with Crippen molar-refractivity contribution < 1.29 is 22.0 Å². The third-order valence-electron chi connectivity index (χ3n) is 6.62. The fraction of sp³-hybridized carbons (Fsp3) is 0.462. The molecule has 2 heterocycles. The zero-order valence-corrected chi connectivity index (χ0v) is 22.9. The van der Waals surface area contributed by atoms with E-state index in [1.807, 2.05) is 25.9 Å². The first-order valence-corrected chi connectivity index (χ1v) is 14.7. The lowest BCUT2D eigenvalue weighted by Crippen LogP contribution is -2.43. The molecule has 7 nitrogen and oxygen atoms in total. The van der Waals surface area contributed by atoms with Crippen molar-refractivity contribution in [2.45, 2.75) is 50.0 Å². The summed E-state index contributed by atoms with van der Waals surface area (Å²) in [6.45, 7) is 3.51. The smallest absolute Gasteiger partial charge is 0.260 e. The molecule has 0 radical (unpaired) electrons. The van der Waals surface area contributed by atoms with Gasteiger partial charge < -0.3 is 4.90 Å². The number of halogens is 2. The summed E-state index contributed by atoms with van der Waals surface area (Å²) in [5.41, 5.74) is 0.306. The van der Waals surface area contributed by atoms with E-state index in [9.17, 15) is 22.0 Å². The molecule has 1 atom stereocenters. The number of nitrogens with zero attached hydrogens (tertiary/aromatic N) is 4. The summed E-state index contributed by atoms with van der Waals surface area (Å²) >= 11 is 1.04. The molecule has 0 saturated carbocycles. The highest BCUT2D eigenvalue weighted by Gasteiger charge is 2.32. The molecule has 1 aliphatic rings. The Morgan fingerprint density at radius 3 is 2.54 bits per heavy atom. The fourth-order valence-corrected chi connectivity index (χ4v) is 7.45. The van der Waals surface area contributed by atoms with Crippen molar-refractivity contribution in [2.24, 2.45) is 0 Å². The molecule has 1 amide bonds. The number of fused-ring (bicyclic) bond motifs is 1. The van der Waals surface area contributed by atoms with Gasteiger partial charge in [-0.2, -0.15) is 4.31 Å². The largest absolute Gasteiger partial charge is 0.309 e. The van der Waals surface area contributed by atoms with Crippen LogP contribution in [-0.4, -0.2) is 68.3 Å². The minimum Gasteiger partial charge on any atom is -0.309 e. The molecule has 1 aliphatic heterocycles. The van der Waals surface area contributed by atoms with Gasteiger partial charge >= 0.3 is 0 Å². The number of thiazole rings is 1. The number of sulfonamides is 1. The lowest BCUT2D eigenvalue weighted by Gasteiger charge is -2.34. The van der Waals surface area contributed by atoms with E-state index >= 15 is 0 Å². The van der Waals surface area contributed by atoms with Gasteiger partial charge in [-0.15, -0.1) is 0 Å². The molecule has 11 heteroatoms. The van der Waals surface area contributed by atoms with Crippen LogP contribution in [0, 0.1) is 11.6 Å². The zero-order chi connectivity index (χ0) is 26.7. The number of aromatic nitrogens is 1. The van der Waals surface area contributed by atoms with Gasteiger partial charge in [0.2, 0.25) is 10.0 Å². The predicted molar refractivity (Wildman–Crippen MR) is 143 cm³/mol. The maximum Gasteiger partial charge on any atom is 0.260 e. The summed E-state index contributed by atoms with van der Waals surface area (Å²) < 4.78 is 56.5. The second kappa shape index (κ2) is 11.5. The molecule has 4 rings (SSSR count). The number of rotatable bonds is 9. The second-order valence-electron chi connectivity index (χ2n) is 9.54. The molecular formula is C26H32F2N4O3S2. The first-order valence-electron chi connectivity index (χ1n) is 12.5. The normalized spacial score (nSPS) is 17.0. The van der Waals surface area contributed by atoms with Gasteiger partial charge in [-0.25, -0.2) is 22.2 Å². The van der Waals surface area contributed by atoms with Crippen LogP contribution in [0.4, 0.5) is 13.9 Å². The molecule has 1 aromatic heterocycles. The Labute approximate surface area is 220 Å². The van der Waals surface area contributed by atoms with Crippen molar-refractivity contribution in [3.8, 4) is 0 Å². The Hall–Kier alpha value is -2.47. The van der Waals surface area contributed by atoms with E-state index in [-0.39, 0.29) is 27.5 Å². The molecule has 1 fully saturated rings. The van der Waals surface area contributed by atoms with Crippen LogP contribution in [0.1, 0.15) is 49.4 Å². The van der Waals surface area contributed by atoms with Gasteiger partial charge in [-0.05, 0) is 76.7 Å². The number of piperidine rings is 1. The quantitative estimate of drug-likeness (QED) is 0.370. The highest BCUT2D eigenvalue weighted by molar-refractivity contribution is 7.89. The molecule has 0 spiro atoms. The molecule has 0 N–H and O–H groups in total. The molecule has 0 aliphatic carbocycles. The van der Waals surface area contributed by atoms with Crippen molar-refractivity contribution >= 4 is 42.6 Å². The predicted octanol–water partition coefficient (Wildman–Crippen LogP) is 5.13. The number of benzene rings is 2. The average Bonchev–Trinajstić information content (AvgIpc) is 3.30. The monoisotopic (exact) mass is 550 g/mol. The summed E-state index contributed by atoms with van der Waals surface area (Å²) in [4.78, 5) is 21.5. The lowest BCUT2D eigenvalue weighted by atomic mass is 10.0. The van der Waals surface area contributed by atoms with E-state index < -0.39 is 21.7 Å². The SMILES string of the molecule is CCC1CCCCN1S(=O)(=O)c1ccc(C(=O)N(CCCN(C)C)c2nc3c(F)cc(F)cc3s2)cc1. The van der Waals surface area contributed by atoms with Gasteiger partial charge in [0.1, 0.15) is 11.3 Å². The highest BCUT2D eigenvalue weighted by Crippen LogP contribution is 2.32. The Morgan fingerprint density at radius 1 is 1.14 bits per heavy atom. The van der Waals surface area contributed by atoms with Crippen LogP contribution in [0.3, 0.4) is 0 Å². The Kier molecular flexibility index (Phi) is 8.57. The number of anilines is 1. The third-order valence-corrected chi connectivity index (χ3v) is 9.61. The van der Waals surface area contributed by atoms with Crippen LogP contribution in [0.5, 0.6) is 0 Å². The van der Waals surface area contributed by atoms with Crippen LogP contribution in [0.2, 0.25) is 0 Å². The van der Waals surface area contributed by atoms with Gasteiger partial charge in [-0.1, -0.05) is 24.7 Å². The van der Waals surface area contributed by atoms with Crippen molar-refractivity contribution in [3.63, 3.8) is 0 Å². The standard InChI is InChI=1S/C26H32F2N4O3S2/c1-4-20-8-5-6-15-32(20)37(34,35)21-11-9-18(10-12-21)25(33)31(14-7-13-30(2)3)26-29-24-22(28)16-19(27)17-23(24)36-26/h9-12,16-17,20H,4-8,13-15H2,1-3H3. The summed E-state index contributed by atoms with van der Waals surface area (Å²) in [5, 5.41) is 0.263. The topological polar surface area (TPSA) is 73.8 Å². The van der Waals surface area contributed by atoms with Crippen LogP contribution < -0.4 is 4.90 Å². The highest BCUT2D eigenvalue weighted by atomic mass is 32.2. The summed E-state index contributed by atoms with van der Waals surface area (Å²) in [7, 11) is 0.174. The molecule has 200 valence electrons. The zero-order valence-electron chi connectivity index (χ0n) is 21.3. The molecule has 2 aromatic carbocycles. The minimum absolute atomic E-state index is 0.0141. The van der Waals surface area contributed by atoms with Gasteiger partial charge in [0.05, 0.1) is 9.60 Å². The van der Waals surface area contributed by atoms with E-state index in [0.717, 1.165) is 43.1 Å². The van der Waals surface area contributed by atoms with E-state index in [1.54, 1.807) is 4.31 Å². The summed E-state index contributed by atoms with van der Waals surface area (Å²) in [6, 6.07) is 7.90. The van der Waals surface area contributed by atoms with Gasteiger partial charge in [0, 0.05) is 30.8 Å². The molecule has 3 aromatic rings. The first-order chi connectivity index (χ1) is 17.6. The molecular weight excluding hydrogens is 518 g/mol.